The van der Waals surface area contributed by atoms with Gasteiger partial charge < -0.3 is 0 Å². The molecule has 2 aromatic heterocycles. The zero-order valence-corrected chi connectivity index (χ0v) is 16.2. The molecule has 0 radical (unpaired) electrons. The third-order valence-corrected chi connectivity index (χ3v) is 7.45. The maximum absolute atomic E-state index is 14.0. The molecular formula is C19H13FN2O2S3. The van der Waals surface area contributed by atoms with E-state index >= 15 is 0 Å². The number of anilines is 1. The Morgan fingerprint density at radius 3 is 2.37 bits per heavy atom. The van der Waals surface area contributed by atoms with Crippen molar-refractivity contribution in [1.29, 1.82) is 0 Å². The van der Waals surface area contributed by atoms with Crippen LogP contribution in [0.1, 0.15) is 0 Å². The van der Waals surface area contributed by atoms with Crippen LogP contribution < -0.4 is 4.72 Å². The van der Waals surface area contributed by atoms with Gasteiger partial charge >= 0.3 is 0 Å². The summed E-state index contributed by atoms with van der Waals surface area (Å²) in [7, 11) is -3.67. The fourth-order valence-corrected chi connectivity index (χ4v) is 5.48. The molecule has 0 saturated carbocycles. The molecule has 136 valence electrons. The molecule has 0 aliphatic heterocycles. The van der Waals surface area contributed by atoms with Gasteiger partial charge in [-0.2, -0.15) is 0 Å². The topological polar surface area (TPSA) is 59.1 Å². The largest absolute Gasteiger partial charge is 0.278 e. The molecule has 0 amide bonds. The maximum Gasteiger partial charge on any atom is 0.271 e. The normalized spacial score (nSPS) is 11.4. The van der Waals surface area contributed by atoms with Crippen molar-refractivity contribution in [1.82, 2.24) is 4.98 Å². The van der Waals surface area contributed by atoms with Crippen LogP contribution in [0.5, 0.6) is 0 Å². The highest BCUT2D eigenvalue weighted by molar-refractivity contribution is 7.94. The third kappa shape index (κ3) is 3.64. The van der Waals surface area contributed by atoms with Gasteiger partial charge in [0.15, 0.2) is 0 Å². The summed E-state index contributed by atoms with van der Waals surface area (Å²) in [5.41, 5.74) is 2.07. The second-order valence-corrected chi connectivity index (χ2v) is 9.32. The number of thiazole rings is 1. The monoisotopic (exact) mass is 416 g/mol. The minimum Gasteiger partial charge on any atom is -0.278 e. The van der Waals surface area contributed by atoms with Gasteiger partial charge in [-0.25, -0.2) is 17.8 Å². The van der Waals surface area contributed by atoms with Gasteiger partial charge in [0.05, 0.1) is 11.4 Å². The van der Waals surface area contributed by atoms with E-state index in [9.17, 15) is 12.8 Å². The first-order chi connectivity index (χ1) is 13.0. The number of para-hydroxylation sites is 1. The Hall–Kier alpha value is -2.55. The lowest BCUT2D eigenvalue weighted by atomic mass is 10.1. The highest BCUT2D eigenvalue weighted by atomic mass is 32.2. The summed E-state index contributed by atoms with van der Waals surface area (Å²) in [5.74, 6) is -0.343. The maximum atomic E-state index is 14.0. The Labute approximate surface area is 164 Å². The minimum absolute atomic E-state index is 0.239. The van der Waals surface area contributed by atoms with Gasteiger partial charge in [0, 0.05) is 16.5 Å². The summed E-state index contributed by atoms with van der Waals surface area (Å²) >= 11 is 2.46. The molecular weight excluding hydrogens is 403 g/mol. The van der Waals surface area contributed by atoms with Crippen molar-refractivity contribution >= 4 is 38.4 Å². The molecule has 4 rings (SSSR count). The number of thiophene rings is 1. The lowest BCUT2D eigenvalue weighted by molar-refractivity contribution is 0.603. The summed E-state index contributed by atoms with van der Waals surface area (Å²) in [5, 5.41) is 4.04. The van der Waals surface area contributed by atoms with Gasteiger partial charge in [0.1, 0.15) is 15.0 Å². The number of benzene rings is 2. The first-order valence-corrected chi connectivity index (χ1v) is 11.1. The molecule has 27 heavy (non-hydrogen) atoms. The molecule has 0 atom stereocenters. The van der Waals surface area contributed by atoms with E-state index in [4.69, 9.17) is 0 Å². The van der Waals surface area contributed by atoms with Gasteiger partial charge in [-0.3, -0.25) is 4.72 Å². The molecule has 4 aromatic rings. The fourth-order valence-electron chi connectivity index (χ4n) is 2.56. The van der Waals surface area contributed by atoms with Crippen LogP contribution in [0, 0.1) is 5.82 Å². The van der Waals surface area contributed by atoms with Crippen LogP contribution in [-0.4, -0.2) is 13.4 Å². The summed E-state index contributed by atoms with van der Waals surface area (Å²) in [6.07, 6.45) is 0. The molecule has 0 unspecified atom stereocenters. The van der Waals surface area contributed by atoms with Crippen molar-refractivity contribution in [2.75, 3.05) is 4.72 Å². The van der Waals surface area contributed by atoms with Crippen LogP contribution in [0.4, 0.5) is 10.1 Å². The zero-order chi connectivity index (χ0) is 18.9. The molecule has 8 heteroatoms. The van der Waals surface area contributed by atoms with E-state index in [0.717, 1.165) is 11.3 Å². The lowest BCUT2D eigenvalue weighted by Crippen LogP contribution is -2.12. The van der Waals surface area contributed by atoms with Crippen LogP contribution in [0.2, 0.25) is 0 Å². The third-order valence-electron chi connectivity index (χ3n) is 3.82. The quantitative estimate of drug-likeness (QED) is 0.469. The van der Waals surface area contributed by atoms with E-state index in [1.807, 2.05) is 0 Å². The smallest absolute Gasteiger partial charge is 0.271 e. The van der Waals surface area contributed by atoms with E-state index in [2.05, 4.69) is 9.71 Å². The first kappa shape index (κ1) is 17.8. The molecule has 0 aliphatic carbocycles. The first-order valence-electron chi connectivity index (χ1n) is 7.91. The average Bonchev–Trinajstić information content (AvgIpc) is 3.35. The summed E-state index contributed by atoms with van der Waals surface area (Å²) < 4.78 is 42.0. The molecule has 0 saturated heterocycles. The number of nitrogens with one attached hydrogen (secondary N) is 1. The van der Waals surface area contributed by atoms with Gasteiger partial charge in [-0.15, -0.1) is 22.7 Å². The number of nitrogens with zero attached hydrogens (tertiary/aromatic N) is 1. The van der Waals surface area contributed by atoms with E-state index < -0.39 is 10.0 Å². The van der Waals surface area contributed by atoms with Gasteiger partial charge in [-0.05, 0) is 29.6 Å². The molecule has 0 fully saturated rings. The average molecular weight is 417 g/mol. The van der Waals surface area contributed by atoms with E-state index in [0.29, 0.717) is 27.5 Å². The van der Waals surface area contributed by atoms with Crippen LogP contribution in [0.15, 0.2) is 75.6 Å². The lowest BCUT2D eigenvalue weighted by Gasteiger charge is -2.10. The molecule has 0 spiro atoms. The SMILES string of the molecule is O=S(=O)(Nc1ccccc1-c1csc(-c2ccccc2F)n1)c1cccs1. The Bertz CT molecular complexity index is 1190. The molecule has 2 heterocycles. The number of hydrogen-bond donors (Lipinski definition) is 1. The summed E-state index contributed by atoms with van der Waals surface area (Å²) in [6, 6.07) is 16.7. The minimum atomic E-state index is -3.67. The molecule has 0 bridgehead atoms. The second kappa shape index (κ2) is 7.22. The van der Waals surface area contributed by atoms with Crippen LogP contribution >= 0.6 is 22.7 Å². The number of hydrogen-bond acceptors (Lipinski definition) is 5. The van der Waals surface area contributed by atoms with Gasteiger partial charge in [-0.1, -0.05) is 36.4 Å². The zero-order valence-electron chi connectivity index (χ0n) is 13.8. The Morgan fingerprint density at radius 2 is 1.63 bits per heavy atom. The fraction of sp³-hybridized carbons (Fsp3) is 0. The standard InChI is InChI=1S/C19H13FN2O2S3/c20-15-8-3-1-6-13(15)19-21-17(12-26-19)14-7-2-4-9-16(14)22-27(23,24)18-10-5-11-25-18/h1-12,22H. The predicted octanol–water partition coefficient (Wildman–Crippen LogP) is 5.48. The van der Waals surface area contributed by atoms with E-state index in [1.54, 1.807) is 65.4 Å². The van der Waals surface area contributed by atoms with Crippen molar-refractivity contribution in [3.63, 3.8) is 0 Å². The molecule has 0 aliphatic rings. The Kier molecular flexibility index (Phi) is 4.77. The van der Waals surface area contributed by atoms with Crippen molar-refractivity contribution < 1.29 is 12.8 Å². The number of halogens is 1. The van der Waals surface area contributed by atoms with Crippen molar-refractivity contribution in [3.8, 4) is 21.8 Å². The predicted molar refractivity (Wildman–Crippen MR) is 108 cm³/mol. The van der Waals surface area contributed by atoms with Crippen molar-refractivity contribution in [2.24, 2.45) is 0 Å². The van der Waals surface area contributed by atoms with Gasteiger partial charge in [0.25, 0.3) is 10.0 Å². The number of sulfonamides is 1. The highest BCUT2D eigenvalue weighted by Gasteiger charge is 2.19. The highest BCUT2D eigenvalue weighted by Crippen LogP contribution is 2.34. The molecule has 4 nitrogen and oxygen atoms in total. The van der Waals surface area contributed by atoms with Gasteiger partial charge in [0.2, 0.25) is 0 Å². The number of rotatable bonds is 5. The summed E-state index contributed by atoms with van der Waals surface area (Å²) in [6.45, 7) is 0. The van der Waals surface area contributed by atoms with Crippen molar-refractivity contribution in [3.05, 3.63) is 77.2 Å². The molecule has 1 N–H and O–H groups in total. The molecule has 2 aromatic carbocycles. The van der Waals surface area contributed by atoms with Crippen molar-refractivity contribution in [2.45, 2.75) is 4.21 Å². The van der Waals surface area contributed by atoms with Crippen LogP contribution in [0.25, 0.3) is 21.8 Å². The Morgan fingerprint density at radius 1 is 0.889 bits per heavy atom. The summed E-state index contributed by atoms with van der Waals surface area (Å²) in [4.78, 5) is 4.51. The van der Waals surface area contributed by atoms with Crippen LogP contribution in [-0.2, 0) is 10.0 Å². The Balaban J connectivity index is 1.71. The van der Waals surface area contributed by atoms with Crippen LogP contribution in [0.3, 0.4) is 0 Å². The van der Waals surface area contributed by atoms with E-state index in [-0.39, 0.29) is 10.0 Å². The second-order valence-electron chi connectivity index (χ2n) is 5.60. The number of aromatic nitrogens is 1. The van der Waals surface area contributed by atoms with E-state index in [1.165, 1.54) is 17.4 Å².